The normalized spacial score (nSPS) is 16.8. The lowest BCUT2D eigenvalue weighted by atomic mass is 9.99. The molecule has 0 amide bonds. The molecule has 0 spiro atoms. The van der Waals surface area contributed by atoms with Gasteiger partial charge in [0.05, 0.1) is 0 Å². The van der Waals surface area contributed by atoms with Gasteiger partial charge in [-0.2, -0.15) is 0 Å². The number of fused-ring (bicyclic) bond motifs is 5. The number of hydrogen-bond acceptors (Lipinski definition) is 2. The molecule has 1 atom stereocenters. The molecule has 0 saturated heterocycles. The quantitative estimate of drug-likeness (QED) is 0.256. The summed E-state index contributed by atoms with van der Waals surface area (Å²) in [6.07, 6.45) is 4.82. The zero-order valence-electron chi connectivity index (χ0n) is 17.4. The molecule has 0 radical (unpaired) electrons. The van der Waals surface area contributed by atoms with Gasteiger partial charge in [0.2, 0.25) is 0 Å². The van der Waals surface area contributed by atoms with E-state index in [-0.39, 0.29) is 0 Å². The number of nitrogens with zero attached hydrogens (tertiary/aromatic N) is 1. The molecule has 0 bridgehead atoms. The van der Waals surface area contributed by atoms with E-state index in [0.717, 1.165) is 6.42 Å². The van der Waals surface area contributed by atoms with Crippen LogP contribution in [-0.4, -0.2) is 4.57 Å². The minimum Gasteiger partial charge on any atom is -0.344 e. The van der Waals surface area contributed by atoms with Gasteiger partial charge in [-0.15, -0.1) is 22.7 Å². The van der Waals surface area contributed by atoms with E-state index in [0.29, 0.717) is 5.92 Å². The van der Waals surface area contributed by atoms with Crippen LogP contribution in [0.25, 0.3) is 32.2 Å². The monoisotopic (exact) mass is 427 g/mol. The smallest absolute Gasteiger partial charge is 0.0495 e. The SMILES string of the molecule is CC1CCc2sccc2CCc2cc(-c3ccc4c5ccccc5n(C)c4c3)sc21. The zero-order chi connectivity index (χ0) is 20.2. The summed E-state index contributed by atoms with van der Waals surface area (Å²) < 4.78 is 2.34. The number of para-hydroxylation sites is 1. The van der Waals surface area contributed by atoms with Crippen LogP contribution in [-0.2, 0) is 26.3 Å². The van der Waals surface area contributed by atoms with Crippen LogP contribution in [0.15, 0.2) is 60.0 Å². The minimum atomic E-state index is 0.633. The van der Waals surface area contributed by atoms with Crippen LogP contribution in [0.5, 0.6) is 0 Å². The van der Waals surface area contributed by atoms with Gasteiger partial charge in [-0.1, -0.05) is 37.3 Å². The van der Waals surface area contributed by atoms with Gasteiger partial charge < -0.3 is 4.57 Å². The molecule has 0 saturated carbocycles. The fraction of sp³-hybridized carbons (Fsp3) is 0.259. The summed E-state index contributed by atoms with van der Waals surface area (Å²) in [6, 6.07) is 20.6. The van der Waals surface area contributed by atoms with Crippen molar-refractivity contribution in [3.8, 4) is 10.4 Å². The first-order valence-electron chi connectivity index (χ1n) is 10.8. The fourth-order valence-corrected chi connectivity index (χ4v) is 7.32. The van der Waals surface area contributed by atoms with Crippen molar-refractivity contribution in [3.05, 3.63) is 80.9 Å². The van der Waals surface area contributed by atoms with Crippen molar-refractivity contribution in [3.63, 3.8) is 0 Å². The molecule has 3 aromatic heterocycles. The third kappa shape index (κ3) is 2.87. The Morgan fingerprint density at radius 2 is 1.70 bits per heavy atom. The number of aromatic nitrogens is 1. The average Bonchev–Trinajstić information content (AvgIpc) is 3.47. The van der Waals surface area contributed by atoms with Gasteiger partial charge in [0, 0.05) is 43.5 Å². The minimum absolute atomic E-state index is 0.633. The van der Waals surface area contributed by atoms with Crippen LogP contribution >= 0.6 is 22.7 Å². The highest BCUT2D eigenvalue weighted by atomic mass is 32.1. The highest BCUT2D eigenvalue weighted by molar-refractivity contribution is 7.15. The molecule has 2 aromatic carbocycles. The van der Waals surface area contributed by atoms with Crippen molar-refractivity contribution < 1.29 is 0 Å². The lowest BCUT2D eigenvalue weighted by molar-refractivity contribution is 0.693. The molecule has 6 rings (SSSR count). The first-order valence-corrected chi connectivity index (χ1v) is 12.5. The molecule has 0 N–H and O–H groups in total. The van der Waals surface area contributed by atoms with Crippen molar-refractivity contribution in [2.24, 2.45) is 7.05 Å². The second kappa shape index (κ2) is 7.11. The van der Waals surface area contributed by atoms with Crippen molar-refractivity contribution in [2.45, 2.75) is 38.5 Å². The summed E-state index contributed by atoms with van der Waals surface area (Å²) >= 11 is 3.97. The maximum atomic E-state index is 2.48. The molecule has 150 valence electrons. The summed E-state index contributed by atoms with van der Waals surface area (Å²) in [5.41, 5.74) is 7.12. The average molecular weight is 428 g/mol. The predicted molar refractivity (Wildman–Crippen MR) is 132 cm³/mol. The largest absolute Gasteiger partial charge is 0.344 e. The topological polar surface area (TPSA) is 4.93 Å². The van der Waals surface area contributed by atoms with Crippen LogP contribution in [0.4, 0.5) is 0 Å². The predicted octanol–water partition coefficient (Wildman–Crippen LogP) is 7.96. The summed E-state index contributed by atoms with van der Waals surface area (Å²) in [5, 5.41) is 4.97. The molecule has 1 nitrogen and oxygen atoms in total. The number of hydrogen-bond donors (Lipinski definition) is 0. The van der Waals surface area contributed by atoms with Crippen LogP contribution in [0.2, 0.25) is 0 Å². The lowest BCUT2D eigenvalue weighted by Gasteiger charge is -2.10. The Balaban J connectivity index is 1.44. The molecule has 0 fully saturated rings. The third-order valence-electron chi connectivity index (χ3n) is 6.79. The summed E-state index contributed by atoms with van der Waals surface area (Å²) in [4.78, 5) is 4.64. The van der Waals surface area contributed by atoms with E-state index in [1.54, 1.807) is 20.9 Å². The maximum Gasteiger partial charge on any atom is 0.0495 e. The zero-order valence-corrected chi connectivity index (χ0v) is 19.1. The Morgan fingerprint density at radius 3 is 2.63 bits per heavy atom. The number of benzene rings is 2. The van der Waals surface area contributed by atoms with Gasteiger partial charge in [0.1, 0.15) is 0 Å². The molecule has 30 heavy (non-hydrogen) atoms. The molecule has 0 aliphatic heterocycles. The van der Waals surface area contributed by atoms with Gasteiger partial charge in [0.25, 0.3) is 0 Å². The number of rotatable bonds is 1. The summed E-state index contributed by atoms with van der Waals surface area (Å²) in [7, 11) is 2.19. The number of aryl methyl sites for hydroxylation is 4. The Morgan fingerprint density at radius 1 is 0.867 bits per heavy atom. The van der Waals surface area contributed by atoms with E-state index < -0.39 is 0 Å². The Kier molecular flexibility index (Phi) is 4.36. The van der Waals surface area contributed by atoms with Crippen LogP contribution < -0.4 is 0 Å². The second-order valence-electron chi connectivity index (χ2n) is 8.62. The van der Waals surface area contributed by atoms with Gasteiger partial charge in [-0.05, 0) is 77.9 Å². The van der Waals surface area contributed by atoms with E-state index in [9.17, 15) is 0 Å². The Bertz CT molecular complexity index is 1380. The highest BCUT2D eigenvalue weighted by Gasteiger charge is 2.20. The van der Waals surface area contributed by atoms with Crippen LogP contribution in [0.1, 0.15) is 40.1 Å². The highest BCUT2D eigenvalue weighted by Crippen LogP contribution is 2.41. The lowest BCUT2D eigenvalue weighted by Crippen LogP contribution is -1.95. The molecule has 1 aliphatic rings. The molecule has 3 heteroatoms. The van der Waals surface area contributed by atoms with E-state index in [1.165, 1.54) is 51.5 Å². The summed E-state index contributed by atoms with van der Waals surface area (Å²) in [5.74, 6) is 0.633. The molecule has 5 aromatic rings. The van der Waals surface area contributed by atoms with Gasteiger partial charge >= 0.3 is 0 Å². The standard InChI is InChI=1S/C27H25NS2/c1-17-7-12-25-18(13-14-29-25)8-9-20-16-26(30-27(17)20)19-10-11-22-21-5-3-4-6-23(21)28(2)24(22)15-19/h3-6,10-11,13-17H,7-9,12H2,1-2H3. The third-order valence-corrected chi connectivity index (χ3v) is 9.28. The first-order chi connectivity index (χ1) is 14.7. The maximum absolute atomic E-state index is 2.48. The van der Waals surface area contributed by atoms with Gasteiger partial charge in [-0.3, -0.25) is 0 Å². The molecule has 1 aliphatic carbocycles. The van der Waals surface area contributed by atoms with E-state index in [4.69, 9.17) is 0 Å². The van der Waals surface area contributed by atoms with Gasteiger partial charge in [0.15, 0.2) is 0 Å². The molecule has 1 unspecified atom stereocenters. The Hall–Kier alpha value is -2.36. The molecular formula is C27H25NS2. The van der Waals surface area contributed by atoms with E-state index >= 15 is 0 Å². The van der Waals surface area contributed by atoms with Crippen LogP contribution in [0, 0.1) is 0 Å². The number of thiophene rings is 2. The molecule has 3 heterocycles. The fourth-order valence-electron chi connectivity index (χ4n) is 5.07. The first kappa shape index (κ1) is 18.4. The van der Waals surface area contributed by atoms with E-state index in [1.807, 2.05) is 22.7 Å². The second-order valence-corrected chi connectivity index (χ2v) is 10.7. The Labute approximate surface area is 185 Å². The summed E-state index contributed by atoms with van der Waals surface area (Å²) in [6.45, 7) is 2.42. The van der Waals surface area contributed by atoms with Crippen molar-refractivity contribution in [2.75, 3.05) is 0 Å². The van der Waals surface area contributed by atoms with Crippen LogP contribution in [0.3, 0.4) is 0 Å². The van der Waals surface area contributed by atoms with Crippen molar-refractivity contribution in [1.82, 2.24) is 4.57 Å². The van der Waals surface area contributed by atoms with Crippen molar-refractivity contribution in [1.29, 1.82) is 0 Å². The van der Waals surface area contributed by atoms with Crippen molar-refractivity contribution >= 4 is 44.5 Å². The van der Waals surface area contributed by atoms with E-state index in [2.05, 4.69) is 78.5 Å². The van der Waals surface area contributed by atoms with Gasteiger partial charge in [-0.25, -0.2) is 0 Å². The molecular weight excluding hydrogens is 402 g/mol.